The number of anilines is 1. The maximum absolute atomic E-state index is 2.72. The molecule has 1 aromatic heterocycles. The first-order valence-corrected chi connectivity index (χ1v) is 20.3. The van der Waals surface area contributed by atoms with Crippen molar-refractivity contribution in [1.29, 1.82) is 0 Å². The lowest BCUT2D eigenvalue weighted by atomic mass is 9.69. The van der Waals surface area contributed by atoms with Crippen molar-refractivity contribution in [2.24, 2.45) is 17.8 Å². The smallest absolute Gasteiger partial charge is 0.0430 e. The Morgan fingerprint density at radius 1 is 0.647 bits per heavy atom. The summed E-state index contributed by atoms with van der Waals surface area (Å²) in [5.74, 6) is 2.59. The Labute approximate surface area is 308 Å². The van der Waals surface area contributed by atoms with Gasteiger partial charge in [-0.1, -0.05) is 110 Å². The Bertz CT molecular complexity index is 2120. The van der Waals surface area contributed by atoms with Crippen molar-refractivity contribution >= 4 is 33.2 Å². The molecule has 2 atom stereocenters. The van der Waals surface area contributed by atoms with Crippen molar-refractivity contribution in [2.45, 2.75) is 77.2 Å². The monoisotopic (exact) mass is 683 g/mol. The third-order valence-electron chi connectivity index (χ3n) is 12.3. The molecule has 4 aromatic carbocycles. The van der Waals surface area contributed by atoms with Gasteiger partial charge in [-0.15, -0.1) is 11.3 Å². The Morgan fingerprint density at radius 3 is 2.08 bits per heavy atom. The van der Waals surface area contributed by atoms with E-state index in [0.29, 0.717) is 6.04 Å². The van der Waals surface area contributed by atoms with Crippen molar-refractivity contribution in [2.75, 3.05) is 4.90 Å². The summed E-state index contributed by atoms with van der Waals surface area (Å²) in [4.78, 5) is 4.24. The summed E-state index contributed by atoms with van der Waals surface area (Å²) in [6, 6.07) is 35.1. The Hall–Kier alpha value is -4.40. The number of hydrogen-bond acceptors (Lipinski definition) is 2. The second kappa shape index (κ2) is 14.3. The van der Waals surface area contributed by atoms with Crippen LogP contribution in [0.15, 0.2) is 133 Å². The number of fused-ring (bicyclic) bond motifs is 3. The maximum Gasteiger partial charge on any atom is 0.0430 e. The molecule has 1 heterocycles. The fourth-order valence-electron chi connectivity index (χ4n) is 9.54. The lowest BCUT2D eigenvalue weighted by Crippen LogP contribution is -2.39. The van der Waals surface area contributed by atoms with Crippen LogP contribution in [0.1, 0.15) is 75.2 Å². The van der Waals surface area contributed by atoms with Gasteiger partial charge in [-0.05, 0) is 146 Å². The molecule has 0 radical (unpaired) electrons. The fraction of sp³-hybridized carbons (Fsp3) is 0.306. The quantitative estimate of drug-likeness (QED) is 0.154. The molecule has 1 fully saturated rings. The van der Waals surface area contributed by atoms with E-state index in [9.17, 15) is 0 Å². The largest absolute Gasteiger partial charge is 0.342 e. The third kappa shape index (κ3) is 6.49. The zero-order valence-corrected chi connectivity index (χ0v) is 30.8. The average Bonchev–Trinajstić information content (AvgIpc) is 3.58. The fourth-order valence-corrected chi connectivity index (χ4v) is 10.9. The van der Waals surface area contributed by atoms with Gasteiger partial charge >= 0.3 is 0 Å². The molecular weight excluding hydrogens is 635 g/mol. The molecule has 0 spiro atoms. The number of nitrogens with zero attached hydrogens (tertiary/aromatic N) is 1. The van der Waals surface area contributed by atoms with Crippen LogP contribution in [-0.2, 0) is 6.42 Å². The van der Waals surface area contributed by atoms with Gasteiger partial charge in [0, 0.05) is 38.0 Å². The van der Waals surface area contributed by atoms with E-state index in [2.05, 4.69) is 145 Å². The predicted octanol–water partition coefficient (Wildman–Crippen LogP) is 14.1. The van der Waals surface area contributed by atoms with E-state index < -0.39 is 0 Å². The predicted molar refractivity (Wildman–Crippen MR) is 221 cm³/mol. The molecule has 9 rings (SSSR count). The van der Waals surface area contributed by atoms with E-state index in [1.165, 1.54) is 104 Å². The molecular formula is C49H49NS. The molecule has 4 aliphatic rings. The summed E-state index contributed by atoms with van der Waals surface area (Å²) >= 11 is 1.99. The number of hydrogen-bond donors (Lipinski definition) is 0. The van der Waals surface area contributed by atoms with Gasteiger partial charge < -0.3 is 4.90 Å². The number of aryl methyl sites for hydroxylation is 1. The first kappa shape index (κ1) is 32.5. The van der Waals surface area contributed by atoms with Gasteiger partial charge in [-0.2, -0.15) is 0 Å². The number of benzene rings is 4. The number of thiophene rings is 1. The summed E-state index contributed by atoms with van der Waals surface area (Å²) in [6.07, 6.45) is 28.9. The highest BCUT2D eigenvalue weighted by atomic mass is 32.1. The molecule has 1 saturated carbocycles. The van der Waals surface area contributed by atoms with Crippen molar-refractivity contribution < 1.29 is 0 Å². The number of allylic oxidation sites excluding steroid dienone is 7. The standard InChI is InChI=1S/C49H49NS/c1-34-12-8-9-17-44(34)39-26-30-43(31-27-39)50(41-15-6-3-7-16-41)42-28-24-36(25-29-42)35-20-22-37(23-21-35)40-32-46(38-13-4-2-5-14-38)49-47(33-40)45-18-10-11-19-48(45)51-49/h2-6,8-10,13-15,18,20-25,28-29,32-34,39,43-44H,7,11-12,16-17,19,26-27,30-31H2,1H3/t34-,39?,43?,44?/m1/s1. The van der Waals surface area contributed by atoms with Gasteiger partial charge in [-0.3, -0.25) is 0 Å². The Balaban J connectivity index is 0.977. The van der Waals surface area contributed by atoms with Crippen LogP contribution in [0.2, 0.25) is 0 Å². The van der Waals surface area contributed by atoms with Crippen LogP contribution in [0, 0.1) is 17.8 Å². The summed E-state index contributed by atoms with van der Waals surface area (Å²) in [5, 5.41) is 1.39. The topological polar surface area (TPSA) is 3.24 Å². The molecule has 0 saturated heterocycles. The van der Waals surface area contributed by atoms with Gasteiger partial charge in [-0.25, -0.2) is 0 Å². The second-order valence-corrected chi connectivity index (χ2v) is 16.5. The van der Waals surface area contributed by atoms with Gasteiger partial charge in [0.2, 0.25) is 0 Å². The number of rotatable bonds is 7. The van der Waals surface area contributed by atoms with Crippen LogP contribution in [0.25, 0.3) is 49.5 Å². The highest BCUT2D eigenvalue weighted by Crippen LogP contribution is 2.45. The highest BCUT2D eigenvalue weighted by molar-refractivity contribution is 7.20. The van der Waals surface area contributed by atoms with Gasteiger partial charge in [0.1, 0.15) is 0 Å². The van der Waals surface area contributed by atoms with E-state index in [4.69, 9.17) is 0 Å². The Morgan fingerprint density at radius 2 is 1.35 bits per heavy atom. The molecule has 256 valence electrons. The normalized spacial score (nSPS) is 22.9. The third-order valence-corrected chi connectivity index (χ3v) is 13.7. The first-order valence-electron chi connectivity index (χ1n) is 19.5. The molecule has 0 N–H and O–H groups in total. The van der Waals surface area contributed by atoms with Crippen LogP contribution in [0.5, 0.6) is 0 Å². The van der Waals surface area contributed by atoms with Crippen LogP contribution >= 0.6 is 11.3 Å². The molecule has 2 heteroatoms. The van der Waals surface area contributed by atoms with E-state index in [-0.39, 0.29) is 0 Å². The molecule has 5 aromatic rings. The van der Waals surface area contributed by atoms with Crippen molar-refractivity contribution in [3.8, 4) is 33.4 Å². The molecule has 0 bridgehead atoms. The van der Waals surface area contributed by atoms with Crippen molar-refractivity contribution in [3.05, 3.63) is 144 Å². The average molecular weight is 684 g/mol. The summed E-state index contributed by atoms with van der Waals surface area (Å²) in [5.41, 5.74) is 12.0. The molecule has 51 heavy (non-hydrogen) atoms. The van der Waals surface area contributed by atoms with E-state index in [1.54, 1.807) is 0 Å². The SMILES string of the molecule is C[C@@H]1CC=CCC1C1CCC(N(C2=CC=CCC2)c2ccc(-c3ccc(-c4cc(-c5ccccc5)c5sc6c(c5c4)C=CCC6)cc3)cc2)CC1. The van der Waals surface area contributed by atoms with Crippen LogP contribution in [0.3, 0.4) is 0 Å². The minimum atomic E-state index is 0.584. The van der Waals surface area contributed by atoms with Crippen molar-refractivity contribution in [3.63, 3.8) is 0 Å². The molecule has 4 aliphatic carbocycles. The van der Waals surface area contributed by atoms with E-state index in [1.807, 2.05) is 11.3 Å². The lowest BCUT2D eigenvalue weighted by Gasteiger charge is -2.43. The zero-order valence-electron chi connectivity index (χ0n) is 29.9. The van der Waals surface area contributed by atoms with Gasteiger partial charge in [0.25, 0.3) is 0 Å². The minimum absolute atomic E-state index is 0.584. The zero-order chi connectivity index (χ0) is 34.1. The van der Waals surface area contributed by atoms with E-state index in [0.717, 1.165) is 43.4 Å². The molecule has 0 amide bonds. The van der Waals surface area contributed by atoms with Crippen LogP contribution in [-0.4, -0.2) is 6.04 Å². The van der Waals surface area contributed by atoms with Crippen LogP contribution < -0.4 is 4.90 Å². The molecule has 1 nitrogen and oxygen atoms in total. The lowest BCUT2D eigenvalue weighted by molar-refractivity contribution is 0.173. The molecule has 0 aliphatic heterocycles. The van der Waals surface area contributed by atoms with Crippen molar-refractivity contribution in [1.82, 2.24) is 0 Å². The summed E-state index contributed by atoms with van der Waals surface area (Å²) in [7, 11) is 0. The Kier molecular flexibility index (Phi) is 9.12. The molecule has 1 unspecified atom stereocenters. The second-order valence-electron chi connectivity index (χ2n) is 15.4. The highest BCUT2D eigenvalue weighted by Gasteiger charge is 2.34. The van der Waals surface area contributed by atoms with Gasteiger partial charge in [0.15, 0.2) is 0 Å². The van der Waals surface area contributed by atoms with Gasteiger partial charge in [0.05, 0.1) is 0 Å². The maximum atomic E-state index is 2.72. The van der Waals surface area contributed by atoms with Crippen LogP contribution in [0.4, 0.5) is 5.69 Å². The first-order chi connectivity index (χ1) is 25.2. The summed E-state index contributed by atoms with van der Waals surface area (Å²) in [6.45, 7) is 2.48. The minimum Gasteiger partial charge on any atom is -0.342 e. The van der Waals surface area contributed by atoms with E-state index >= 15 is 0 Å². The summed E-state index contributed by atoms with van der Waals surface area (Å²) < 4.78 is 1.41.